The number of alkyl halides is 1. The number of non-ortho nitro benzene ring substituents is 1. The number of nitro benzene ring substituents is 1. The second-order valence-electron chi connectivity index (χ2n) is 5.19. The molecule has 0 unspecified atom stereocenters. The van der Waals surface area contributed by atoms with Crippen LogP contribution in [0.25, 0.3) is 0 Å². The quantitative estimate of drug-likeness (QED) is 0.637. The van der Waals surface area contributed by atoms with Gasteiger partial charge in [-0.25, -0.2) is 4.39 Å². The molecule has 0 saturated carbocycles. The Morgan fingerprint density at radius 2 is 2.11 bits per heavy atom. The molecule has 1 rings (SSSR count). The maximum absolute atomic E-state index is 12.1. The fourth-order valence-electron chi connectivity index (χ4n) is 1.47. The van der Waals surface area contributed by atoms with Crippen LogP contribution >= 0.6 is 0 Å². The molecule has 0 radical (unpaired) electrons. The van der Waals surface area contributed by atoms with Crippen LogP contribution in [0.15, 0.2) is 18.2 Å². The van der Waals surface area contributed by atoms with Gasteiger partial charge in [-0.3, -0.25) is 10.1 Å². The smallest absolute Gasteiger partial charge is 0.270 e. The summed E-state index contributed by atoms with van der Waals surface area (Å²) in [7, 11) is 0. The van der Waals surface area contributed by atoms with Crippen LogP contribution in [0.5, 0.6) is 5.75 Å². The molecule has 0 aliphatic heterocycles. The van der Waals surface area contributed by atoms with Crippen LogP contribution in [0.2, 0.25) is 0 Å². The summed E-state index contributed by atoms with van der Waals surface area (Å²) in [6, 6.07) is 4.31. The Bertz CT molecular complexity index is 444. The molecule has 1 aromatic carbocycles. The van der Waals surface area contributed by atoms with Crippen LogP contribution in [-0.2, 0) is 6.54 Å². The molecule has 19 heavy (non-hydrogen) atoms. The fraction of sp³-hybridized carbons (Fsp3) is 0.538. The molecule has 0 atom stereocenters. The summed E-state index contributed by atoms with van der Waals surface area (Å²) in [4.78, 5) is 10.3. The molecule has 0 fully saturated rings. The SMILES string of the molecule is CC(C)(C)NCc1cc([N+](=O)[O-])ccc1OCCF. The van der Waals surface area contributed by atoms with Gasteiger partial charge in [0.05, 0.1) is 4.92 Å². The van der Waals surface area contributed by atoms with E-state index >= 15 is 0 Å². The normalized spacial score (nSPS) is 11.4. The number of nitrogens with one attached hydrogen (secondary N) is 1. The van der Waals surface area contributed by atoms with Crippen molar-refractivity contribution in [1.29, 1.82) is 0 Å². The number of ether oxygens (including phenoxy) is 1. The highest BCUT2D eigenvalue weighted by atomic mass is 19.1. The van der Waals surface area contributed by atoms with Crippen LogP contribution in [0, 0.1) is 10.1 Å². The van der Waals surface area contributed by atoms with E-state index in [1.54, 1.807) is 0 Å². The van der Waals surface area contributed by atoms with Crippen LogP contribution in [-0.4, -0.2) is 23.7 Å². The molecule has 0 heterocycles. The highest BCUT2D eigenvalue weighted by Crippen LogP contribution is 2.24. The van der Waals surface area contributed by atoms with Gasteiger partial charge >= 0.3 is 0 Å². The Labute approximate surface area is 111 Å². The molecule has 0 saturated heterocycles. The third-order valence-electron chi connectivity index (χ3n) is 2.40. The zero-order valence-corrected chi connectivity index (χ0v) is 11.4. The van der Waals surface area contributed by atoms with Gasteiger partial charge in [0.15, 0.2) is 0 Å². The number of hydrogen-bond donors (Lipinski definition) is 1. The van der Waals surface area contributed by atoms with E-state index in [0.29, 0.717) is 17.9 Å². The molecule has 0 bridgehead atoms. The van der Waals surface area contributed by atoms with Gasteiger partial charge in [-0.2, -0.15) is 0 Å². The summed E-state index contributed by atoms with van der Waals surface area (Å²) >= 11 is 0. The van der Waals surface area contributed by atoms with Gasteiger partial charge in [0.25, 0.3) is 5.69 Å². The van der Waals surface area contributed by atoms with Gasteiger partial charge in [-0.15, -0.1) is 0 Å². The summed E-state index contributed by atoms with van der Waals surface area (Å²) in [6.07, 6.45) is 0. The standard InChI is InChI=1S/C13H19FN2O3/c1-13(2,3)15-9-10-8-11(16(17)18)4-5-12(10)19-7-6-14/h4-5,8,15H,6-7,9H2,1-3H3. The fourth-order valence-corrected chi connectivity index (χ4v) is 1.47. The minimum absolute atomic E-state index is 0.00157. The van der Waals surface area contributed by atoms with Crippen molar-refractivity contribution in [3.05, 3.63) is 33.9 Å². The Morgan fingerprint density at radius 3 is 2.63 bits per heavy atom. The molecule has 0 aliphatic carbocycles. The number of halogens is 1. The van der Waals surface area contributed by atoms with Crippen molar-refractivity contribution < 1.29 is 14.1 Å². The molecule has 0 aliphatic rings. The molecule has 1 N–H and O–H groups in total. The lowest BCUT2D eigenvalue weighted by molar-refractivity contribution is -0.384. The first-order valence-corrected chi connectivity index (χ1v) is 6.04. The second-order valence-corrected chi connectivity index (χ2v) is 5.19. The molecule has 5 nitrogen and oxygen atoms in total. The number of rotatable bonds is 6. The Hall–Kier alpha value is -1.69. The lowest BCUT2D eigenvalue weighted by atomic mass is 10.1. The minimum atomic E-state index is -0.594. The first-order chi connectivity index (χ1) is 8.83. The van der Waals surface area contributed by atoms with Gasteiger partial charge in [0.1, 0.15) is 19.0 Å². The van der Waals surface area contributed by atoms with E-state index < -0.39 is 11.6 Å². The van der Waals surface area contributed by atoms with E-state index in [0.717, 1.165) is 0 Å². The van der Waals surface area contributed by atoms with Gasteiger partial charge < -0.3 is 10.1 Å². The monoisotopic (exact) mass is 270 g/mol. The van der Waals surface area contributed by atoms with Crippen LogP contribution in [0.3, 0.4) is 0 Å². The second kappa shape index (κ2) is 6.47. The molecular formula is C13H19FN2O3. The van der Waals surface area contributed by atoms with E-state index in [-0.39, 0.29) is 17.8 Å². The van der Waals surface area contributed by atoms with E-state index in [9.17, 15) is 14.5 Å². The van der Waals surface area contributed by atoms with E-state index in [1.165, 1.54) is 18.2 Å². The summed E-state index contributed by atoms with van der Waals surface area (Å²) in [6.45, 7) is 5.75. The molecule has 1 aromatic rings. The third-order valence-corrected chi connectivity index (χ3v) is 2.40. The predicted octanol–water partition coefficient (Wildman–Crippen LogP) is 2.83. The van der Waals surface area contributed by atoms with Crippen molar-refractivity contribution in [1.82, 2.24) is 5.32 Å². The van der Waals surface area contributed by atoms with E-state index in [2.05, 4.69) is 5.32 Å². The maximum atomic E-state index is 12.1. The van der Waals surface area contributed by atoms with Gasteiger partial charge in [0, 0.05) is 29.8 Å². The molecule has 0 amide bonds. The van der Waals surface area contributed by atoms with Gasteiger partial charge in [0.2, 0.25) is 0 Å². The Morgan fingerprint density at radius 1 is 1.42 bits per heavy atom. The average molecular weight is 270 g/mol. The summed E-state index contributed by atoms with van der Waals surface area (Å²) in [5.74, 6) is 0.472. The Kier molecular flexibility index (Phi) is 5.23. The van der Waals surface area contributed by atoms with Crippen molar-refractivity contribution in [2.24, 2.45) is 0 Å². The summed E-state index contributed by atoms with van der Waals surface area (Å²) < 4.78 is 17.4. The predicted molar refractivity (Wildman–Crippen MR) is 71.2 cm³/mol. The topological polar surface area (TPSA) is 64.4 Å². The number of hydrogen-bond acceptors (Lipinski definition) is 4. The molecule has 0 spiro atoms. The van der Waals surface area contributed by atoms with Gasteiger partial charge in [-0.05, 0) is 26.8 Å². The zero-order chi connectivity index (χ0) is 14.5. The molecular weight excluding hydrogens is 251 g/mol. The van der Waals surface area contributed by atoms with E-state index in [4.69, 9.17) is 4.74 Å². The first-order valence-electron chi connectivity index (χ1n) is 6.04. The van der Waals surface area contributed by atoms with Crippen molar-refractivity contribution in [3.63, 3.8) is 0 Å². The average Bonchev–Trinajstić information content (AvgIpc) is 2.33. The third kappa shape index (κ3) is 5.21. The highest BCUT2D eigenvalue weighted by Gasteiger charge is 2.15. The minimum Gasteiger partial charge on any atom is -0.491 e. The number of benzene rings is 1. The maximum Gasteiger partial charge on any atom is 0.270 e. The molecule has 0 aromatic heterocycles. The van der Waals surface area contributed by atoms with Crippen molar-refractivity contribution in [2.75, 3.05) is 13.3 Å². The van der Waals surface area contributed by atoms with E-state index in [1.807, 2.05) is 20.8 Å². The van der Waals surface area contributed by atoms with Crippen molar-refractivity contribution >= 4 is 5.69 Å². The summed E-state index contributed by atoms with van der Waals surface area (Å²) in [5, 5.41) is 14.0. The van der Waals surface area contributed by atoms with Crippen LogP contribution in [0.1, 0.15) is 26.3 Å². The zero-order valence-electron chi connectivity index (χ0n) is 11.4. The first kappa shape index (κ1) is 15.4. The van der Waals surface area contributed by atoms with Crippen LogP contribution < -0.4 is 10.1 Å². The number of nitrogens with zero attached hydrogens (tertiary/aromatic N) is 1. The molecule has 6 heteroatoms. The lowest BCUT2D eigenvalue weighted by Gasteiger charge is -2.21. The summed E-state index contributed by atoms with van der Waals surface area (Å²) in [5.41, 5.74) is 0.526. The number of nitro groups is 1. The van der Waals surface area contributed by atoms with Crippen LogP contribution in [0.4, 0.5) is 10.1 Å². The lowest BCUT2D eigenvalue weighted by Crippen LogP contribution is -2.35. The molecule has 106 valence electrons. The van der Waals surface area contributed by atoms with Gasteiger partial charge in [-0.1, -0.05) is 0 Å². The van der Waals surface area contributed by atoms with Crippen molar-refractivity contribution in [3.8, 4) is 5.75 Å². The highest BCUT2D eigenvalue weighted by molar-refractivity contribution is 5.43. The van der Waals surface area contributed by atoms with Crippen molar-refractivity contribution in [2.45, 2.75) is 32.9 Å². The Balaban J connectivity index is 2.93. The largest absolute Gasteiger partial charge is 0.491 e.